The summed E-state index contributed by atoms with van der Waals surface area (Å²) in [5.74, 6) is 0.197. The first kappa shape index (κ1) is 18.0. The van der Waals surface area contributed by atoms with Gasteiger partial charge in [0.2, 0.25) is 5.91 Å². The molecule has 0 heterocycles. The maximum absolute atomic E-state index is 12.4. The minimum atomic E-state index is 0.125. The van der Waals surface area contributed by atoms with Crippen LogP contribution in [0.3, 0.4) is 0 Å². The maximum atomic E-state index is 12.4. The van der Waals surface area contributed by atoms with Gasteiger partial charge in [-0.2, -0.15) is 0 Å². The Bertz CT molecular complexity index is 460. The monoisotopic (exact) mass is 310 g/mol. The lowest BCUT2D eigenvalue weighted by molar-refractivity contribution is -0.132. The van der Waals surface area contributed by atoms with Gasteiger partial charge in [-0.25, -0.2) is 0 Å². The van der Waals surface area contributed by atoms with Crippen molar-refractivity contribution in [2.75, 3.05) is 13.1 Å². The van der Waals surface area contributed by atoms with Crippen LogP contribution in [0.2, 0.25) is 5.02 Å². The highest BCUT2D eigenvalue weighted by Crippen LogP contribution is 2.26. The summed E-state index contributed by atoms with van der Waals surface area (Å²) in [5.41, 5.74) is 6.81. The first-order valence-electron chi connectivity index (χ1n) is 7.60. The molecule has 1 rings (SSSR count). The molecule has 2 N–H and O–H groups in total. The summed E-state index contributed by atoms with van der Waals surface area (Å²) < 4.78 is 0. The van der Waals surface area contributed by atoms with Gasteiger partial charge in [-0.3, -0.25) is 4.79 Å². The average Bonchev–Trinajstić information content (AvgIpc) is 2.42. The Hall–Kier alpha value is -1.06. The molecule has 0 atom stereocenters. The Labute approximate surface area is 133 Å². The van der Waals surface area contributed by atoms with E-state index in [2.05, 4.69) is 13.8 Å². The third kappa shape index (κ3) is 6.49. The fourth-order valence-corrected chi connectivity index (χ4v) is 2.56. The summed E-state index contributed by atoms with van der Waals surface area (Å²) in [4.78, 5) is 14.3. The molecular formula is C17H27ClN2O. The van der Waals surface area contributed by atoms with Crippen molar-refractivity contribution in [3.05, 3.63) is 34.9 Å². The molecule has 1 aromatic carbocycles. The normalized spacial score (nSPS) is 11.5. The average molecular weight is 311 g/mol. The van der Waals surface area contributed by atoms with E-state index < -0.39 is 0 Å². The van der Waals surface area contributed by atoms with Gasteiger partial charge in [0.05, 0.1) is 0 Å². The van der Waals surface area contributed by atoms with Crippen LogP contribution in [0.1, 0.15) is 45.6 Å². The second kappa shape index (κ2) is 8.40. The highest BCUT2D eigenvalue weighted by Gasteiger charge is 2.20. The molecule has 4 heteroatoms. The summed E-state index contributed by atoms with van der Waals surface area (Å²) >= 11 is 5.99. The second-order valence-electron chi connectivity index (χ2n) is 6.24. The van der Waals surface area contributed by atoms with Gasteiger partial charge in [0, 0.05) is 24.5 Å². The molecule has 0 unspecified atom stereocenters. The molecule has 118 valence electrons. The van der Waals surface area contributed by atoms with Gasteiger partial charge in [-0.05, 0) is 49.4 Å². The van der Waals surface area contributed by atoms with Gasteiger partial charge in [0.15, 0.2) is 0 Å². The van der Waals surface area contributed by atoms with Crippen molar-refractivity contribution in [3.8, 4) is 0 Å². The number of amides is 1. The Kier molecular flexibility index (Phi) is 7.20. The number of carbonyl (C=O) groups is 1. The lowest BCUT2D eigenvalue weighted by Crippen LogP contribution is -2.31. The van der Waals surface area contributed by atoms with Crippen LogP contribution in [0.25, 0.3) is 0 Å². The third-order valence-corrected chi connectivity index (χ3v) is 4.07. The van der Waals surface area contributed by atoms with E-state index >= 15 is 0 Å². The van der Waals surface area contributed by atoms with Crippen molar-refractivity contribution >= 4 is 17.5 Å². The number of rotatable bonds is 8. The van der Waals surface area contributed by atoms with Crippen molar-refractivity contribution in [2.45, 2.75) is 46.6 Å². The summed E-state index contributed by atoms with van der Waals surface area (Å²) in [6, 6.07) is 7.68. The second-order valence-corrected chi connectivity index (χ2v) is 6.68. The topological polar surface area (TPSA) is 46.3 Å². The van der Waals surface area contributed by atoms with E-state index in [0.29, 0.717) is 31.1 Å². The van der Waals surface area contributed by atoms with Crippen LogP contribution in [0.15, 0.2) is 24.3 Å². The van der Waals surface area contributed by atoms with Crippen LogP contribution in [-0.4, -0.2) is 23.9 Å². The van der Waals surface area contributed by atoms with E-state index in [-0.39, 0.29) is 11.3 Å². The quantitative estimate of drug-likeness (QED) is 0.793. The van der Waals surface area contributed by atoms with Crippen LogP contribution < -0.4 is 5.73 Å². The van der Waals surface area contributed by atoms with Crippen LogP contribution in [0.4, 0.5) is 0 Å². The third-order valence-electron chi connectivity index (χ3n) is 3.83. The number of halogens is 1. The minimum Gasteiger partial charge on any atom is -0.339 e. The van der Waals surface area contributed by atoms with Crippen molar-refractivity contribution in [1.29, 1.82) is 0 Å². The Balaban J connectivity index is 2.57. The Morgan fingerprint density at radius 2 is 2.05 bits per heavy atom. The van der Waals surface area contributed by atoms with Gasteiger partial charge >= 0.3 is 0 Å². The van der Waals surface area contributed by atoms with Crippen LogP contribution >= 0.6 is 11.6 Å². The molecule has 1 aromatic rings. The Morgan fingerprint density at radius 1 is 1.33 bits per heavy atom. The van der Waals surface area contributed by atoms with Crippen molar-refractivity contribution in [1.82, 2.24) is 4.90 Å². The molecule has 0 radical (unpaired) electrons. The molecule has 0 fully saturated rings. The molecule has 3 nitrogen and oxygen atoms in total. The molecule has 0 saturated heterocycles. The number of benzene rings is 1. The number of hydrogen-bond acceptors (Lipinski definition) is 2. The molecule has 0 aliphatic carbocycles. The predicted molar refractivity (Wildman–Crippen MR) is 89.2 cm³/mol. The molecular weight excluding hydrogens is 284 g/mol. The number of hydrogen-bond donors (Lipinski definition) is 1. The fraction of sp³-hybridized carbons (Fsp3) is 0.588. The van der Waals surface area contributed by atoms with Gasteiger partial charge in [0.1, 0.15) is 0 Å². The molecule has 0 saturated carbocycles. The number of nitrogens with two attached hydrogens (primary N) is 1. The predicted octanol–water partition coefficient (Wildman–Crippen LogP) is 3.84. The zero-order valence-corrected chi connectivity index (χ0v) is 14.1. The van der Waals surface area contributed by atoms with Gasteiger partial charge in [0.25, 0.3) is 0 Å². The largest absolute Gasteiger partial charge is 0.339 e. The zero-order chi connectivity index (χ0) is 15.9. The fourth-order valence-electron chi connectivity index (χ4n) is 2.35. The molecule has 1 amide bonds. The molecule has 0 aliphatic heterocycles. The maximum Gasteiger partial charge on any atom is 0.222 e. The summed E-state index contributed by atoms with van der Waals surface area (Å²) in [6.45, 7) is 8.34. The highest BCUT2D eigenvalue weighted by atomic mass is 35.5. The van der Waals surface area contributed by atoms with E-state index in [1.54, 1.807) is 0 Å². The van der Waals surface area contributed by atoms with Crippen LogP contribution in [0.5, 0.6) is 0 Å². The van der Waals surface area contributed by atoms with Gasteiger partial charge < -0.3 is 10.6 Å². The molecule has 21 heavy (non-hydrogen) atoms. The first-order chi connectivity index (χ1) is 9.88. The lowest BCUT2D eigenvalue weighted by Gasteiger charge is -2.26. The van der Waals surface area contributed by atoms with E-state index in [4.69, 9.17) is 17.3 Å². The zero-order valence-electron chi connectivity index (χ0n) is 13.4. The van der Waals surface area contributed by atoms with Crippen molar-refractivity contribution in [3.63, 3.8) is 0 Å². The van der Waals surface area contributed by atoms with E-state index in [1.165, 1.54) is 0 Å². The highest BCUT2D eigenvalue weighted by molar-refractivity contribution is 6.30. The summed E-state index contributed by atoms with van der Waals surface area (Å²) in [5, 5.41) is 0.708. The minimum absolute atomic E-state index is 0.125. The molecule has 0 aromatic heterocycles. The molecule has 0 bridgehead atoms. The smallest absolute Gasteiger partial charge is 0.222 e. The lowest BCUT2D eigenvalue weighted by atomic mass is 9.84. The van der Waals surface area contributed by atoms with Gasteiger partial charge in [-0.15, -0.1) is 0 Å². The van der Waals surface area contributed by atoms with Crippen molar-refractivity contribution < 1.29 is 4.79 Å². The first-order valence-corrected chi connectivity index (χ1v) is 7.98. The van der Waals surface area contributed by atoms with Crippen molar-refractivity contribution in [2.24, 2.45) is 11.1 Å². The molecule has 0 spiro atoms. The van der Waals surface area contributed by atoms with E-state index in [9.17, 15) is 4.79 Å². The molecule has 0 aliphatic rings. The van der Waals surface area contributed by atoms with Crippen LogP contribution in [0, 0.1) is 5.41 Å². The van der Waals surface area contributed by atoms with E-state index in [1.807, 2.05) is 36.1 Å². The van der Waals surface area contributed by atoms with E-state index in [0.717, 1.165) is 18.4 Å². The standard InChI is InChI=1S/C17H27ClN2O/c1-4-20(13-14-6-5-7-15(18)12-14)16(21)8-9-17(2,3)10-11-19/h5-7,12H,4,8-11,13,19H2,1-3H3. The SMILES string of the molecule is CCN(Cc1cccc(Cl)c1)C(=O)CCC(C)(C)CCN. The summed E-state index contributed by atoms with van der Waals surface area (Å²) in [6.07, 6.45) is 2.39. The Morgan fingerprint density at radius 3 is 2.62 bits per heavy atom. The van der Waals surface area contributed by atoms with Crippen LogP contribution in [-0.2, 0) is 11.3 Å². The summed E-state index contributed by atoms with van der Waals surface area (Å²) in [7, 11) is 0. The number of carbonyl (C=O) groups excluding carboxylic acids is 1. The number of nitrogens with zero attached hydrogens (tertiary/aromatic N) is 1. The van der Waals surface area contributed by atoms with Gasteiger partial charge in [-0.1, -0.05) is 37.6 Å².